The summed E-state index contributed by atoms with van der Waals surface area (Å²) in [7, 11) is 0. The number of likely N-dealkylation sites (tertiary alicyclic amines) is 1. The molecule has 0 aliphatic carbocycles. The molecular weight excluding hydrogens is 186 g/mol. The van der Waals surface area contributed by atoms with Crippen LogP contribution in [0.5, 0.6) is 0 Å². The van der Waals surface area contributed by atoms with Crippen molar-refractivity contribution in [1.29, 1.82) is 5.26 Å². The van der Waals surface area contributed by atoms with E-state index in [1.807, 2.05) is 0 Å². The molecule has 0 bridgehead atoms. The maximum absolute atomic E-state index is 8.74. The molecule has 0 aromatic carbocycles. The maximum atomic E-state index is 8.74. The molecule has 0 amide bonds. The largest absolute Gasteiger partial charge is 0.317 e. The van der Waals surface area contributed by atoms with E-state index in [1.54, 1.807) is 0 Å². The second-order valence-corrected chi connectivity index (χ2v) is 4.85. The Labute approximate surface area is 92.4 Å². The van der Waals surface area contributed by atoms with E-state index in [-0.39, 0.29) is 0 Å². The van der Waals surface area contributed by atoms with Gasteiger partial charge in [0.15, 0.2) is 0 Å². The van der Waals surface area contributed by atoms with E-state index in [0.29, 0.717) is 5.92 Å². The van der Waals surface area contributed by atoms with Crippen LogP contribution in [0.2, 0.25) is 0 Å². The first kappa shape index (κ1) is 10.9. The Morgan fingerprint density at radius 2 is 2.07 bits per heavy atom. The topological polar surface area (TPSA) is 39.1 Å². The van der Waals surface area contributed by atoms with Crippen LogP contribution in [0.4, 0.5) is 0 Å². The van der Waals surface area contributed by atoms with Gasteiger partial charge in [-0.25, -0.2) is 0 Å². The predicted molar refractivity (Wildman–Crippen MR) is 60.4 cm³/mol. The van der Waals surface area contributed by atoms with Gasteiger partial charge in [-0.3, -0.25) is 4.90 Å². The van der Waals surface area contributed by atoms with Gasteiger partial charge in [0.1, 0.15) is 0 Å². The van der Waals surface area contributed by atoms with Gasteiger partial charge in [0.25, 0.3) is 0 Å². The molecule has 84 valence electrons. The molecule has 2 rings (SSSR count). The first-order valence-corrected chi connectivity index (χ1v) is 6.22. The van der Waals surface area contributed by atoms with Gasteiger partial charge in [0.05, 0.1) is 6.07 Å². The normalized spacial score (nSPS) is 29.9. The smallest absolute Gasteiger partial charge is 0.0625 e. The summed E-state index contributed by atoms with van der Waals surface area (Å²) in [5.41, 5.74) is 0. The van der Waals surface area contributed by atoms with Crippen LogP contribution < -0.4 is 5.32 Å². The van der Waals surface area contributed by atoms with E-state index in [4.69, 9.17) is 5.26 Å². The molecule has 1 N–H and O–H groups in total. The summed E-state index contributed by atoms with van der Waals surface area (Å²) in [6.07, 6.45) is 5.88. The molecule has 2 fully saturated rings. The average Bonchev–Trinajstić information content (AvgIpc) is 2.31. The van der Waals surface area contributed by atoms with Gasteiger partial charge in [-0.15, -0.1) is 0 Å². The Hall–Kier alpha value is -0.590. The summed E-state index contributed by atoms with van der Waals surface area (Å²) in [6, 6.07) is 3.11. The highest BCUT2D eigenvalue weighted by Gasteiger charge is 2.26. The second-order valence-electron chi connectivity index (χ2n) is 4.85. The van der Waals surface area contributed by atoms with E-state index in [0.717, 1.165) is 19.0 Å². The van der Waals surface area contributed by atoms with Gasteiger partial charge in [-0.05, 0) is 51.2 Å². The van der Waals surface area contributed by atoms with Gasteiger partial charge in [-0.1, -0.05) is 0 Å². The number of nitriles is 1. The van der Waals surface area contributed by atoms with Gasteiger partial charge < -0.3 is 5.32 Å². The Balaban J connectivity index is 1.83. The minimum Gasteiger partial charge on any atom is -0.317 e. The van der Waals surface area contributed by atoms with Gasteiger partial charge in [0.2, 0.25) is 0 Å². The molecule has 0 spiro atoms. The highest BCUT2D eigenvalue weighted by atomic mass is 15.2. The summed E-state index contributed by atoms with van der Waals surface area (Å²) in [5, 5.41) is 12.1. The van der Waals surface area contributed by atoms with Gasteiger partial charge in [0, 0.05) is 19.0 Å². The van der Waals surface area contributed by atoms with Crippen molar-refractivity contribution >= 4 is 0 Å². The van der Waals surface area contributed by atoms with Crippen molar-refractivity contribution in [2.45, 2.75) is 38.1 Å². The van der Waals surface area contributed by atoms with Crippen molar-refractivity contribution in [3.8, 4) is 6.07 Å². The Morgan fingerprint density at radius 3 is 2.80 bits per heavy atom. The molecule has 15 heavy (non-hydrogen) atoms. The lowest BCUT2D eigenvalue weighted by Gasteiger charge is -2.39. The molecule has 2 aliphatic heterocycles. The zero-order valence-electron chi connectivity index (χ0n) is 9.41. The van der Waals surface area contributed by atoms with Crippen molar-refractivity contribution in [2.24, 2.45) is 5.92 Å². The van der Waals surface area contributed by atoms with Crippen LogP contribution in [0.3, 0.4) is 0 Å². The number of hydrogen-bond acceptors (Lipinski definition) is 3. The van der Waals surface area contributed by atoms with Crippen molar-refractivity contribution in [3.63, 3.8) is 0 Å². The van der Waals surface area contributed by atoms with E-state index < -0.39 is 0 Å². The molecule has 2 saturated heterocycles. The molecule has 2 aliphatic rings. The standard InChI is InChI=1S/C12H21N3/c13-6-3-11-2-1-9-15(10-11)12-4-7-14-8-5-12/h11-12,14H,1-5,7-10H2. The van der Waals surface area contributed by atoms with Crippen molar-refractivity contribution in [2.75, 3.05) is 26.2 Å². The fourth-order valence-electron chi connectivity index (χ4n) is 2.90. The molecule has 2 heterocycles. The van der Waals surface area contributed by atoms with Gasteiger partial charge >= 0.3 is 0 Å². The second kappa shape index (κ2) is 5.48. The lowest BCUT2D eigenvalue weighted by atomic mass is 9.92. The van der Waals surface area contributed by atoms with Crippen LogP contribution in [0.1, 0.15) is 32.1 Å². The highest BCUT2D eigenvalue weighted by molar-refractivity contribution is 4.86. The predicted octanol–water partition coefficient (Wildman–Crippen LogP) is 1.36. The first-order chi connectivity index (χ1) is 7.40. The van der Waals surface area contributed by atoms with Crippen LogP contribution in [0, 0.1) is 17.2 Å². The molecule has 3 nitrogen and oxygen atoms in total. The third-order valence-corrected chi connectivity index (χ3v) is 3.76. The quantitative estimate of drug-likeness (QED) is 0.743. The van der Waals surface area contributed by atoms with Crippen molar-refractivity contribution in [3.05, 3.63) is 0 Å². The Kier molecular flexibility index (Phi) is 3.99. The minimum atomic E-state index is 0.638. The third-order valence-electron chi connectivity index (χ3n) is 3.76. The maximum Gasteiger partial charge on any atom is 0.0625 e. The highest BCUT2D eigenvalue weighted by Crippen LogP contribution is 2.23. The molecule has 0 saturated carbocycles. The summed E-state index contributed by atoms with van der Waals surface area (Å²) in [5.74, 6) is 0.638. The molecule has 1 unspecified atom stereocenters. The number of rotatable bonds is 2. The van der Waals surface area contributed by atoms with Crippen molar-refractivity contribution < 1.29 is 0 Å². The van der Waals surface area contributed by atoms with E-state index >= 15 is 0 Å². The molecule has 3 heteroatoms. The summed E-state index contributed by atoms with van der Waals surface area (Å²) < 4.78 is 0. The molecular formula is C12H21N3. The lowest BCUT2D eigenvalue weighted by molar-refractivity contribution is 0.104. The fourth-order valence-corrected chi connectivity index (χ4v) is 2.90. The number of piperidine rings is 2. The van der Waals surface area contributed by atoms with Gasteiger partial charge in [-0.2, -0.15) is 5.26 Å². The molecule has 0 aromatic heterocycles. The number of hydrogen-bond donors (Lipinski definition) is 1. The van der Waals surface area contributed by atoms with Crippen LogP contribution in [0.25, 0.3) is 0 Å². The lowest BCUT2D eigenvalue weighted by Crippen LogP contribution is -2.47. The van der Waals surface area contributed by atoms with E-state index in [9.17, 15) is 0 Å². The molecule has 1 atom stereocenters. The monoisotopic (exact) mass is 207 g/mol. The Bertz CT molecular complexity index is 228. The fraction of sp³-hybridized carbons (Fsp3) is 0.917. The summed E-state index contributed by atoms with van der Waals surface area (Å²) >= 11 is 0. The zero-order chi connectivity index (χ0) is 10.5. The zero-order valence-corrected chi connectivity index (χ0v) is 9.41. The van der Waals surface area contributed by atoms with Crippen LogP contribution >= 0.6 is 0 Å². The molecule has 0 radical (unpaired) electrons. The molecule has 0 aromatic rings. The van der Waals surface area contributed by atoms with E-state index in [1.165, 1.54) is 45.3 Å². The van der Waals surface area contributed by atoms with Crippen LogP contribution in [-0.4, -0.2) is 37.1 Å². The number of nitrogens with zero attached hydrogens (tertiary/aromatic N) is 2. The van der Waals surface area contributed by atoms with Crippen LogP contribution in [0.15, 0.2) is 0 Å². The third kappa shape index (κ3) is 2.93. The summed E-state index contributed by atoms with van der Waals surface area (Å²) in [6.45, 7) is 4.76. The first-order valence-electron chi connectivity index (χ1n) is 6.22. The number of nitrogens with one attached hydrogen (secondary N) is 1. The summed E-state index contributed by atoms with van der Waals surface area (Å²) in [4.78, 5) is 2.63. The van der Waals surface area contributed by atoms with Crippen LogP contribution in [-0.2, 0) is 0 Å². The Morgan fingerprint density at radius 1 is 1.27 bits per heavy atom. The SMILES string of the molecule is N#CCC1CCCN(C2CCNCC2)C1. The van der Waals surface area contributed by atoms with Crippen molar-refractivity contribution in [1.82, 2.24) is 10.2 Å². The average molecular weight is 207 g/mol. The van der Waals surface area contributed by atoms with E-state index in [2.05, 4.69) is 16.3 Å². The minimum absolute atomic E-state index is 0.638.